The standard InChI is InChI=1S/C25H52BO2/c1-3-5-7-9-11-13-14-16-18-20-22-24-25(28-26-27)23-21-19-17-15-12-10-8-6-4-2/h25,27H,3-24H2,1-2H3. The zero-order valence-corrected chi connectivity index (χ0v) is 19.6. The van der Waals surface area contributed by atoms with E-state index in [1.165, 1.54) is 128 Å². The van der Waals surface area contributed by atoms with Gasteiger partial charge in [0.25, 0.3) is 0 Å². The molecule has 28 heavy (non-hydrogen) atoms. The third kappa shape index (κ3) is 22.3. The molecule has 0 bridgehead atoms. The van der Waals surface area contributed by atoms with Crippen LogP contribution in [0.25, 0.3) is 0 Å². The maximum absolute atomic E-state index is 9.01. The molecule has 0 aliphatic rings. The van der Waals surface area contributed by atoms with Crippen LogP contribution in [0.1, 0.15) is 155 Å². The van der Waals surface area contributed by atoms with E-state index in [1.54, 1.807) is 0 Å². The lowest BCUT2D eigenvalue weighted by Gasteiger charge is -2.16. The summed E-state index contributed by atoms with van der Waals surface area (Å²) in [5, 5.41) is 9.01. The van der Waals surface area contributed by atoms with Gasteiger partial charge in [-0.3, -0.25) is 0 Å². The average molecular weight is 396 g/mol. The molecule has 0 aromatic carbocycles. The van der Waals surface area contributed by atoms with Crippen LogP contribution >= 0.6 is 0 Å². The van der Waals surface area contributed by atoms with Gasteiger partial charge in [-0.15, -0.1) is 0 Å². The first-order valence-corrected chi connectivity index (χ1v) is 13.0. The van der Waals surface area contributed by atoms with E-state index in [-0.39, 0.29) is 6.10 Å². The summed E-state index contributed by atoms with van der Waals surface area (Å²) in [6.45, 7) is 4.56. The molecular formula is C25H52BO2. The first-order valence-electron chi connectivity index (χ1n) is 13.0. The fraction of sp³-hybridized carbons (Fsp3) is 1.00. The maximum atomic E-state index is 9.01. The second kappa shape index (κ2) is 25.0. The molecule has 0 heterocycles. The Bertz CT molecular complexity index is 273. The van der Waals surface area contributed by atoms with Crippen molar-refractivity contribution in [2.75, 3.05) is 0 Å². The topological polar surface area (TPSA) is 29.5 Å². The molecule has 2 nitrogen and oxygen atoms in total. The first-order chi connectivity index (χ1) is 13.8. The number of hydrogen-bond acceptors (Lipinski definition) is 2. The molecule has 1 atom stereocenters. The van der Waals surface area contributed by atoms with Crippen molar-refractivity contribution in [2.24, 2.45) is 0 Å². The molecule has 1 radical (unpaired) electrons. The molecule has 3 heteroatoms. The van der Waals surface area contributed by atoms with Gasteiger partial charge in [0.1, 0.15) is 0 Å². The van der Waals surface area contributed by atoms with Crippen LogP contribution in [0.4, 0.5) is 0 Å². The van der Waals surface area contributed by atoms with Crippen molar-refractivity contribution in [2.45, 2.75) is 161 Å². The predicted molar refractivity (Wildman–Crippen MR) is 126 cm³/mol. The van der Waals surface area contributed by atoms with Gasteiger partial charge in [0.05, 0.1) is 0 Å². The number of rotatable bonds is 24. The van der Waals surface area contributed by atoms with E-state index in [0.29, 0.717) is 0 Å². The van der Waals surface area contributed by atoms with Gasteiger partial charge in [0.15, 0.2) is 0 Å². The lowest BCUT2D eigenvalue weighted by molar-refractivity contribution is 0.156. The van der Waals surface area contributed by atoms with Gasteiger partial charge in [0, 0.05) is 6.10 Å². The van der Waals surface area contributed by atoms with Crippen LogP contribution in [-0.4, -0.2) is 18.8 Å². The Morgan fingerprint density at radius 3 is 1.07 bits per heavy atom. The molecule has 167 valence electrons. The van der Waals surface area contributed by atoms with Crippen LogP contribution in [-0.2, 0) is 4.65 Å². The largest absolute Gasteiger partial charge is 0.485 e. The maximum Gasteiger partial charge on any atom is 0.485 e. The highest BCUT2D eigenvalue weighted by molar-refractivity contribution is 6.15. The van der Waals surface area contributed by atoms with Crippen molar-refractivity contribution in [1.29, 1.82) is 0 Å². The zero-order chi connectivity index (χ0) is 20.5. The minimum atomic E-state index is 0.230. The molecular weight excluding hydrogens is 343 g/mol. The smallest absolute Gasteiger partial charge is 0.429 e. The van der Waals surface area contributed by atoms with E-state index in [1.807, 2.05) is 0 Å². The van der Waals surface area contributed by atoms with Crippen LogP contribution < -0.4 is 0 Å². The summed E-state index contributed by atoms with van der Waals surface area (Å²) in [5.41, 5.74) is 0. The first kappa shape index (κ1) is 28.0. The van der Waals surface area contributed by atoms with E-state index >= 15 is 0 Å². The highest BCUT2D eigenvalue weighted by Crippen LogP contribution is 2.17. The Morgan fingerprint density at radius 1 is 0.500 bits per heavy atom. The SMILES string of the molecule is CCCCCCCCCCCCCC(CCCCCCCCCCC)O[B]O. The third-order valence-electron chi connectivity index (χ3n) is 6.01. The van der Waals surface area contributed by atoms with Gasteiger partial charge in [-0.25, -0.2) is 0 Å². The van der Waals surface area contributed by atoms with Crippen molar-refractivity contribution in [1.82, 2.24) is 0 Å². The van der Waals surface area contributed by atoms with Crippen LogP contribution in [0.5, 0.6) is 0 Å². The van der Waals surface area contributed by atoms with E-state index in [2.05, 4.69) is 13.8 Å². The van der Waals surface area contributed by atoms with Gasteiger partial charge >= 0.3 is 7.69 Å². The Hall–Kier alpha value is -0.0151. The third-order valence-corrected chi connectivity index (χ3v) is 6.01. The Labute approximate surface area is 178 Å². The summed E-state index contributed by atoms with van der Waals surface area (Å²) in [6.07, 6.45) is 29.9. The fourth-order valence-corrected chi connectivity index (χ4v) is 4.09. The summed E-state index contributed by atoms with van der Waals surface area (Å²) in [5.74, 6) is 0. The van der Waals surface area contributed by atoms with Crippen molar-refractivity contribution < 1.29 is 9.68 Å². The van der Waals surface area contributed by atoms with Gasteiger partial charge in [0.2, 0.25) is 0 Å². The number of hydrogen-bond donors (Lipinski definition) is 1. The van der Waals surface area contributed by atoms with E-state index in [0.717, 1.165) is 20.5 Å². The Kier molecular flexibility index (Phi) is 25.0. The molecule has 0 aromatic rings. The highest BCUT2D eigenvalue weighted by atomic mass is 16.5. The zero-order valence-electron chi connectivity index (χ0n) is 19.6. The summed E-state index contributed by atoms with van der Waals surface area (Å²) in [6, 6.07) is 0. The van der Waals surface area contributed by atoms with Gasteiger partial charge < -0.3 is 9.68 Å². The molecule has 0 aromatic heterocycles. The van der Waals surface area contributed by atoms with Gasteiger partial charge in [-0.2, -0.15) is 0 Å². The summed E-state index contributed by atoms with van der Waals surface area (Å²) < 4.78 is 5.44. The van der Waals surface area contributed by atoms with E-state index in [9.17, 15) is 0 Å². The molecule has 1 unspecified atom stereocenters. The fourth-order valence-electron chi connectivity index (χ4n) is 4.09. The van der Waals surface area contributed by atoms with Gasteiger partial charge in [-0.1, -0.05) is 142 Å². The predicted octanol–water partition coefficient (Wildman–Crippen LogP) is 8.52. The Morgan fingerprint density at radius 2 is 0.786 bits per heavy atom. The molecule has 0 aliphatic heterocycles. The molecule has 0 saturated carbocycles. The molecule has 0 fully saturated rings. The molecule has 1 N–H and O–H groups in total. The molecule has 0 spiro atoms. The lowest BCUT2D eigenvalue weighted by atomic mass is 10.0. The molecule has 0 rings (SSSR count). The molecule has 0 amide bonds. The minimum Gasteiger partial charge on any atom is -0.429 e. The normalized spacial score (nSPS) is 12.4. The van der Waals surface area contributed by atoms with Crippen LogP contribution in [0.2, 0.25) is 0 Å². The average Bonchev–Trinajstić information content (AvgIpc) is 2.70. The van der Waals surface area contributed by atoms with Crippen molar-refractivity contribution in [3.8, 4) is 0 Å². The lowest BCUT2D eigenvalue weighted by Crippen LogP contribution is -2.15. The van der Waals surface area contributed by atoms with E-state index < -0.39 is 0 Å². The van der Waals surface area contributed by atoms with Crippen LogP contribution in [0, 0.1) is 0 Å². The Balaban J connectivity index is 3.40. The monoisotopic (exact) mass is 395 g/mol. The summed E-state index contributed by atoms with van der Waals surface area (Å²) in [4.78, 5) is 0. The molecule has 0 saturated heterocycles. The molecule has 0 aliphatic carbocycles. The van der Waals surface area contributed by atoms with Crippen molar-refractivity contribution >= 4 is 7.69 Å². The summed E-state index contributed by atoms with van der Waals surface area (Å²) >= 11 is 0. The second-order valence-corrected chi connectivity index (χ2v) is 8.80. The summed E-state index contributed by atoms with van der Waals surface area (Å²) in [7, 11) is 0.914. The minimum absolute atomic E-state index is 0.230. The second-order valence-electron chi connectivity index (χ2n) is 8.80. The number of unbranched alkanes of at least 4 members (excludes halogenated alkanes) is 18. The highest BCUT2D eigenvalue weighted by Gasteiger charge is 2.09. The van der Waals surface area contributed by atoms with Crippen molar-refractivity contribution in [3.05, 3.63) is 0 Å². The van der Waals surface area contributed by atoms with Crippen molar-refractivity contribution in [3.63, 3.8) is 0 Å². The van der Waals surface area contributed by atoms with E-state index in [4.69, 9.17) is 9.68 Å². The van der Waals surface area contributed by atoms with Crippen LogP contribution in [0.3, 0.4) is 0 Å². The van der Waals surface area contributed by atoms with Crippen LogP contribution in [0.15, 0.2) is 0 Å². The van der Waals surface area contributed by atoms with Gasteiger partial charge in [-0.05, 0) is 12.8 Å². The quantitative estimate of drug-likeness (QED) is 0.131.